The van der Waals surface area contributed by atoms with Crippen LogP contribution >= 0.6 is 0 Å². The van der Waals surface area contributed by atoms with Gasteiger partial charge < -0.3 is 20.5 Å². The van der Waals surface area contributed by atoms with E-state index in [1.807, 2.05) is 6.92 Å². The van der Waals surface area contributed by atoms with E-state index in [1.165, 1.54) is 12.1 Å². The number of carbonyl (C=O) groups excluding carboxylic acids is 1. The van der Waals surface area contributed by atoms with Crippen molar-refractivity contribution in [3.63, 3.8) is 0 Å². The molecule has 1 atom stereocenters. The predicted molar refractivity (Wildman–Crippen MR) is 76.6 cm³/mol. The van der Waals surface area contributed by atoms with Gasteiger partial charge in [-0.3, -0.25) is 14.9 Å². The summed E-state index contributed by atoms with van der Waals surface area (Å²) in [5.41, 5.74) is 0.555. The number of nitrogens with zero attached hydrogens (tertiary/aromatic N) is 1. The van der Waals surface area contributed by atoms with E-state index in [-0.39, 0.29) is 29.6 Å². The van der Waals surface area contributed by atoms with Gasteiger partial charge in [-0.15, -0.1) is 0 Å². The molecule has 0 spiro atoms. The summed E-state index contributed by atoms with van der Waals surface area (Å²) in [7, 11) is 0. The Labute approximate surface area is 121 Å². The van der Waals surface area contributed by atoms with E-state index >= 15 is 0 Å². The Morgan fingerprint density at radius 2 is 2.33 bits per heavy atom. The second-order valence-electron chi connectivity index (χ2n) is 4.74. The Kier molecular flexibility index (Phi) is 4.59. The Morgan fingerprint density at radius 1 is 1.57 bits per heavy atom. The van der Waals surface area contributed by atoms with Gasteiger partial charge in [-0.1, -0.05) is 6.92 Å². The molecule has 1 aromatic rings. The van der Waals surface area contributed by atoms with Crippen molar-refractivity contribution in [2.24, 2.45) is 0 Å². The summed E-state index contributed by atoms with van der Waals surface area (Å²) in [5, 5.41) is 26.1. The van der Waals surface area contributed by atoms with Crippen molar-refractivity contribution in [1.29, 1.82) is 0 Å². The topological polar surface area (TPSA) is 114 Å². The van der Waals surface area contributed by atoms with Gasteiger partial charge >= 0.3 is 0 Å². The maximum absolute atomic E-state index is 11.3. The summed E-state index contributed by atoms with van der Waals surface area (Å²) < 4.78 is 5.16. The van der Waals surface area contributed by atoms with E-state index in [0.717, 1.165) is 0 Å². The number of nitro groups is 1. The van der Waals surface area contributed by atoms with Crippen LogP contribution in [0.3, 0.4) is 0 Å². The average molecular weight is 295 g/mol. The van der Waals surface area contributed by atoms with E-state index in [1.54, 1.807) is 0 Å². The van der Waals surface area contributed by atoms with Gasteiger partial charge in [0.1, 0.15) is 5.69 Å². The molecule has 1 amide bonds. The van der Waals surface area contributed by atoms with Gasteiger partial charge in [-0.25, -0.2) is 0 Å². The zero-order valence-electron chi connectivity index (χ0n) is 11.6. The minimum atomic E-state index is -0.515. The highest BCUT2D eigenvalue weighted by molar-refractivity contribution is 5.96. The van der Waals surface area contributed by atoms with E-state index in [0.29, 0.717) is 25.1 Å². The lowest BCUT2D eigenvalue weighted by molar-refractivity contribution is -0.384. The minimum absolute atomic E-state index is 0.129. The lowest BCUT2D eigenvalue weighted by Gasteiger charge is -2.19. The van der Waals surface area contributed by atoms with Crippen LogP contribution in [0.4, 0.5) is 17.1 Å². The molecule has 2 rings (SSSR count). The molecule has 0 saturated carbocycles. The van der Waals surface area contributed by atoms with Crippen LogP contribution in [0.2, 0.25) is 0 Å². The normalized spacial score (nSPS) is 14.7. The van der Waals surface area contributed by atoms with Crippen LogP contribution < -0.4 is 15.4 Å². The first-order chi connectivity index (χ1) is 10.0. The number of hydrogen-bond donors (Lipinski definition) is 3. The van der Waals surface area contributed by atoms with Crippen LogP contribution in [0.25, 0.3) is 0 Å². The van der Waals surface area contributed by atoms with Crippen LogP contribution in [0.5, 0.6) is 5.75 Å². The standard InChI is InChI=1S/C13H17N3O5/c1-2-8(17)3-4-14-9-5-10-12(6-11(9)16(19)20)21-7-13(18)15-10/h5-6,8,14,17H,2-4,7H2,1H3,(H,15,18). The van der Waals surface area contributed by atoms with Crippen molar-refractivity contribution in [3.8, 4) is 5.75 Å². The largest absolute Gasteiger partial charge is 0.481 e. The number of aliphatic hydroxyl groups excluding tert-OH is 1. The molecule has 0 aliphatic carbocycles. The third-order valence-corrected chi connectivity index (χ3v) is 3.19. The summed E-state index contributed by atoms with van der Waals surface area (Å²) in [6.07, 6.45) is 0.656. The Balaban J connectivity index is 2.19. The summed E-state index contributed by atoms with van der Waals surface area (Å²) in [5.74, 6) is -0.0239. The molecule has 21 heavy (non-hydrogen) atoms. The van der Waals surface area contributed by atoms with Gasteiger partial charge in [0.15, 0.2) is 12.4 Å². The molecule has 0 aromatic heterocycles. The molecule has 3 N–H and O–H groups in total. The number of carbonyl (C=O) groups is 1. The van der Waals surface area contributed by atoms with Crippen molar-refractivity contribution in [1.82, 2.24) is 0 Å². The van der Waals surface area contributed by atoms with Crippen LogP contribution in [0.15, 0.2) is 12.1 Å². The molecule has 114 valence electrons. The van der Waals surface area contributed by atoms with Crippen molar-refractivity contribution < 1.29 is 19.6 Å². The summed E-state index contributed by atoms with van der Waals surface area (Å²) in [6.45, 7) is 2.10. The maximum atomic E-state index is 11.3. The van der Waals surface area contributed by atoms with Crippen molar-refractivity contribution >= 4 is 23.0 Å². The van der Waals surface area contributed by atoms with Crippen molar-refractivity contribution in [3.05, 3.63) is 22.2 Å². The highest BCUT2D eigenvalue weighted by Crippen LogP contribution is 2.37. The van der Waals surface area contributed by atoms with Crippen molar-refractivity contribution in [2.75, 3.05) is 23.8 Å². The fourth-order valence-corrected chi connectivity index (χ4v) is 1.99. The first-order valence-corrected chi connectivity index (χ1v) is 6.68. The molecule has 0 saturated heterocycles. The van der Waals surface area contributed by atoms with Gasteiger partial charge in [0, 0.05) is 6.54 Å². The third kappa shape index (κ3) is 3.60. The quantitative estimate of drug-likeness (QED) is 0.541. The highest BCUT2D eigenvalue weighted by atomic mass is 16.6. The number of rotatable bonds is 6. The van der Waals surface area contributed by atoms with E-state index in [9.17, 15) is 20.0 Å². The van der Waals surface area contributed by atoms with Crippen molar-refractivity contribution in [2.45, 2.75) is 25.9 Å². The van der Waals surface area contributed by atoms with Gasteiger partial charge in [-0.2, -0.15) is 0 Å². The minimum Gasteiger partial charge on any atom is -0.481 e. The zero-order chi connectivity index (χ0) is 15.4. The summed E-state index contributed by atoms with van der Waals surface area (Å²) >= 11 is 0. The molecule has 8 nitrogen and oxygen atoms in total. The number of nitro benzene ring substituents is 1. The number of benzene rings is 1. The molecule has 1 unspecified atom stereocenters. The Morgan fingerprint density at radius 3 is 3.00 bits per heavy atom. The van der Waals surface area contributed by atoms with Gasteiger partial charge in [0.25, 0.3) is 11.6 Å². The third-order valence-electron chi connectivity index (χ3n) is 3.19. The maximum Gasteiger partial charge on any atom is 0.296 e. The first kappa shape index (κ1) is 15.0. The monoisotopic (exact) mass is 295 g/mol. The van der Waals surface area contributed by atoms with Crippen LogP contribution in [0, 0.1) is 10.1 Å². The second kappa shape index (κ2) is 6.40. The molecule has 1 aromatic carbocycles. The highest BCUT2D eigenvalue weighted by Gasteiger charge is 2.23. The van der Waals surface area contributed by atoms with E-state index in [4.69, 9.17) is 4.74 Å². The number of amides is 1. The number of fused-ring (bicyclic) bond motifs is 1. The number of ether oxygens (including phenoxy) is 1. The van der Waals surface area contributed by atoms with E-state index in [2.05, 4.69) is 10.6 Å². The average Bonchev–Trinajstić information content (AvgIpc) is 2.45. The lowest BCUT2D eigenvalue weighted by Crippen LogP contribution is -2.25. The molecule has 0 radical (unpaired) electrons. The van der Waals surface area contributed by atoms with Gasteiger partial charge in [-0.05, 0) is 18.9 Å². The predicted octanol–water partition coefficient (Wildman–Crippen LogP) is 1.50. The fourth-order valence-electron chi connectivity index (χ4n) is 1.99. The van der Waals surface area contributed by atoms with E-state index < -0.39 is 11.0 Å². The molecule has 0 bridgehead atoms. The molecular formula is C13H17N3O5. The van der Waals surface area contributed by atoms with Crippen LogP contribution in [0.1, 0.15) is 19.8 Å². The summed E-state index contributed by atoms with van der Waals surface area (Å²) in [6, 6.07) is 2.76. The number of hydrogen-bond acceptors (Lipinski definition) is 6. The number of aliphatic hydroxyl groups is 1. The van der Waals surface area contributed by atoms with Crippen LogP contribution in [-0.4, -0.2) is 35.2 Å². The SMILES string of the molecule is CCC(O)CCNc1cc2c(cc1[N+](=O)[O-])OCC(=O)N2. The molecule has 8 heteroatoms. The smallest absolute Gasteiger partial charge is 0.296 e. The van der Waals surface area contributed by atoms with Gasteiger partial charge in [0.2, 0.25) is 0 Å². The first-order valence-electron chi connectivity index (χ1n) is 6.68. The number of nitrogens with one attached hydrogen (secondary N) is 2. The Bertz CT molecular complexity index is 561. The number of anilines is 2. The zero-order valence-corrected chi connectivity index (χ0v) is 11.6. The second-order valence-corrected chi connectivity index (χ2v) is 4.74. The summed E-state index contributed by atoms with van der Waals surface area (Å²) in [4.78, 5) is 21.9. The molecule has 1 heterocycles. The lowest BCUT2D eigenvalue weighted by atomic mass is 10.1. The fraction of sp³-hybridized carbons (Fsp3) is 0.462. The van der Waals surface area contributed by atoms with Gasteiger partial charge in [0.05, 0.1) is 22.8 Å². The molecule has 1 aliphatic rings. The molecular weight excluding hydrogens is 278 g/mol. The molecule has 1 aliphatic heterocycles. The Hall–Kier alpha value is -2.35. The molecule has 0 fully saturated rings. The van der Waals surface area contributed by atoms with Crippen LogP contribution in [-0.2, 0) is 4.79 Å².